The molecular formula is C28H34O8. The van der Waals surface area contributed by atoms with E-state index in [9.17, 15) is 19.2 Å². The van der Waals surface area contributed by atoms with E-state index in [2.05, 4.69) is 0 Å². The smallest absolute Gasteiger partial charge is 0.339 e. The van der Waals surface area contributed by atoms with Crippen LogP contribution in [0.15, 0.2) is 36.4 Å². The van der Waals surface area contributed by atoms with Crippen LogP contribution < -0.4 is 0 Å². The van der Waals surface area contributed by atoms with E-state index in [1.807, 2.05) is 0 Å². The van der Waals surface area contributed by atoms with Crippen LogP contribution in [0.25, 0.3) is 11.1 Å². The van der Waals surface area contributed by atoms with Crippen molar-refractivity contribution in [2.24, 2.45) is 0 Å². The zero-order valence-electron chi connectivity index (χ0n) is 22.0. The van der Waals surface area contributed by atoms with E-state index in [1.54, 1.807) is 73.6 Å². The van der Waals surface area contributed by atoms with Gasteiger partial charge in [-0.3, -0.25) is 0 Å². The van der Waals surface area contributed by atoms with Crippen LogP contribution >= 0.6 is 0 Å². The molecule has 0 unspecified atom stereocenters. The Kier molecular flexibility index (Phi) is 9.78. The van der Waals surface area contributed by atoms with Gasteiger partial charge in [0.1, 0.15) is 0 Å². The van der Waals surface area contributed by atoms with Gasteiger partial charge in [0, 0.05) is 0 Å². The molecule has 8 nitrogen and oxygen atoms in total. The molecule has 0 aliphatic rings. The lowest BCUT2D eigenvalue weighted by Crippen LogP contribution is -2.20. The average Bonchev–Trinajstić information content (AvgIpc) is 2.76. The molecule has 0 spiro atoms. The Morgan fingerprint density at radius 2 is 0.972 bits per heavy atom. The Labute approximate surface area is 211 Å². The Balaban J connectivity index is 2.76. The highest BCUT2D eigenvalue weighted by Gasteiger charge is 2.27. The fraction of sp³-hybridized carbons (Fsp3) is 0.429. The molecule has 0 aromatic heterocycles. The van der Waals surface area contributed by atoms with E-state index in [-0.39, 0.29) is 22.3 Å². The maximum Gasteiger partial charge on any atom is 0.339 e. The fourth-order valence-corrected chi connectivity index (χ4v) is 3.35. The zero-order valence-corrected chi connectivity index (χ0v) is 22.0. The zero-order chi connectivity index (χ0) is 27.2. The molecule has 0 saturated heterocycles. The monoisotopic (exact) mass is 498 g/mol. The SMILES string of the molecule is CC(C)OC(=O)c1ccc(-c2cccc(C(=O)OC(C)C)c2C(=O)OC(C)C)cc1C(=O)OC(C)C. The van der Waals surface area contributed by atoms with E-state index in [0.717, 1.165) is 0 Å². The van der Waals surface area contributed by atoms with Gasteiger partial charge in [0.25, 0.3) is 0 Å². The summed E-state index contributed by atoms with van der Waals surface area (Å²) in [7, 11) is 0. The summed E-state index contributed by atoms with van der Waals surface area (Å²) in [6.07, 6.45) is -1.67. The number of ether oxygens (including phenoxy) is 4. The van der Waals surface area contributed by atoms with Crippen LogP contribution in [0.2, 0.25) is 0 Å². The second-order valence-corrected chi connectivity index (χ2v) is 9.30. The number of hydrogen-bond donors (Lipinski definition) is 0. The first-order valence-corrected chi connectivity index (χ1v) is 11.9. The molecular weight excluding hydrogens is 464 g/mol. The Bertz CT molecular complexity index is 1130. The van der Waals surface area contributed by atoms with Crippen LogP contribution in [0.4, 0.5) is 0 Å². The quantitative estimate of drug-likeness (QED) is 0.324. The highest BCUT2D eigenvalue weighted by Crippen LogP contribution is 2.31. The number of carbonyl (C=O) groups is 4. The van der Waals surface area contributed by atoms with Gasteiger partial charge < -0.3 is 18.9 Å². The average molecular weight is 499 g/mol. The number of hydrogen-bond acceptors (Lipinski definition) is 8. The van der Waals surface area contributed by atoms with Crippen LogP contribution in [-0.4, -0.2) is 48.3 Å². The van der Waals surface area contributed by atoms with Crippen molar-refractivity contribution in [2.45, 2.75) is 79.8 Å². The lowest BCUT2D eigenvalue weighted by atomic mass is 9.92. The molecule has 0 aliphatic carbocycles. The highest BCUT2D eigenvalue weighted by atomic mass is 16.6. The second kappa shape index (κ2) is 12.3. The minimum Gasteiger partial charge on any atom is -0.459 e. The fourth-order valence-electron chi connectivity index (χ4n) is 3.35. The van der Waals surface area contributed by atoms with Gasteiger partial charge in [-0.1, -0.05) is 18.2 Å². The van der Waals surface area contributed by atoms with Gasteiger partial charge >= 0.3 is 23.9 Å². The summed E-state index contributed by atoms with van der Waals surface area (Å²) in [5.74, 6) is -2.80. The Morgan fingerprint density at radius 3 is 1.47 bits per heavy atom. The van der Waals surface area contributed by atoms with Crippen LogP contribution in [0.3, 0.4) is 0 Å². The van der Waals surface area contributed by atoms with Crippen molar-refractivity contribution in [1.82, 2.24) is 0 Å². The molecule has 0 atom stereocenters. The molecule has 2 rings (SSSR count). The molecule has 0 amide bonds. The largest absolute Gasteiger partial charge is 0.459 e. The van der Waals surface area contributed by atoms with Crippen molar-refractivity contribution < 1.29 is 38.1 Å². The summed E-state index contributed by atoms with van der Waals surface area (Å²) in [5.41, 5.74) is 0.770. The summed E-state index contributed by atoms with van der Waals surface area (Å²) in [5, 5.41) is 0. The molecule has 0 fully saturated rings. The summed E-state index contributed by atoms with van der Waals surface area (Å²) < 4.78 is 21.4. The third-order valence-corrected chi connectivity index (χ3v) is 4.63. The molecule has 36 heavy (non-hydrogen) atoms. The predicted molar refractivity (Wildman–Crippen MR) is 134 cm³/mol. The molecule has 0 aliphatic heterocycles. The van der Waals surface area contributed by atoms with Crippen LogP contribution in [0, 0.1) is 0 Å². The number of esters is 4. The summed E-state index contributed by atoms with van der Waals surface area (Å²) in [6.45, 7) is 13.6. The Morgan fingerprint density at radius 1 is 0.528 bits per heavy atom. The first-order chi connectivity index (χ1) is 16.8. The molecule has 0 bridgehead atoms. The van der Waals surface area contributed by atoms with Crippen molar-refractivity contribution in [1.29, 1.82) is 0 Å². The maximum absolute atomic E-state index is 13.1. The standard InChI is InChI=1S/C28H34O8/c1-15(2)33-25(29)21-13-12-19(14-23(21)27(31)35-17(5)6)20-10-9-11-22(26(30)34-16(3)4)24(20)28(32)36-18(7)8/h9-18H,1-8H3. The van der Waals surface area contributed by atoms with Gasteiger partial charge in [-0.2, -0.15) is 0 Å². The highest BCUT2D eigenvalue weighted by molar-refractivity contribution is 6.09. The van der Waals surface area contributed by atoms with Crippen LogP contribution in [0.5, 0.6) is 0 Å². The third-order valence-electron chi connectivity index (χ3n) is 4.63. The van der Waals surface area contributed by atoms with Gasteiger partial charge in [-0.25, -0.2) is 19.2 Å². The normalized spacial score (nSPS) is 11.1. The molecule has 8 heteroatoms. The lowest BCUT2D eigenvalue weighted by molar-refractivity contribution is 0.0327. The number of benzene rings is 2. The first kappa shape index (κ1) is 28.6. The minimum atomic E-state index is -0.718. The van der Waals surface area contributed by atoms with E-state index in [4.69, 9.17) is 18.9 Å². The molecule has 0 heterocycles. The second-order valence-electron chi connectivity index (χ2n) is 9.30. The maximum atomic E-state index is 13.1. The van der Waals surface area contributed by atoms with E-state index in [0.29, 0.717) is 11.1 Å². The van der Waals surface area contributed by atoms with Crippen LogP contribution in [0.1, 0.15) is 96.8 Å². The summed E-state index contributed by atoms with van der Waals surface area (Å²) in [4.78, 5) is 51.6. The van der Waals surface area contributed by atoms with E-state index >= 15 is 0 Å². The summed E-state index contributed by atoms with van der Waals surface area (Å²) in [6, 6.07) is 9.16. The van der Waals surface area contributed by atoms with Crippen molar-refractivity contribution in [3.8, 4) is 11.1 Å². The van der Waals surface area contributed by atoms with Crippen molar-refractivity contribution in [3.05, 3.63) is 58.7 Å². The lowest BCUT2D eigenvalue weighted by Gasteiger charge is -2.18. The van der Waals surface area contributed by atoms with Gasteiger partial charge in [0.15, 0.2) is 0 Å². The number of carbonyl (C=O) groups excluding carboxylic acids is 4. The van der Waals surface area contributed by atoms with E-state index < -0.39 is 48.3 Å². The van der Waals surface area contributed by atoms with Gasteiger partial charge in [-0.05, 0) is 84.7 Å². The van der Waals surface area contributed by atoms with Gasteiger partial charge in [0.2, 0.25) is 0 Å². The van der Waals surface area contributed by atoms with Crippen molar-refractivity contribution in [3.63, 3.8) is 0 Å². The van der Waals surface area contributed by atoms with Gasteiger partial charge in [-0.15, -0.1) is 0 Å². The predicted octanol–water partition coefficient (Wildman–Crippen LogP) is 5.61. The molecule has 0 N–H and O–H groups in total. The van der Waals surface area contributed by atoms with Crippen molar-refractivity contribution >= 4 is 23.9 Å². The van der Waals surface area contributed by atoms with Gasteiger partial charge in [0.05, 0.1) is 46.7 Å². The van der Waals surface area contributed by atoms with Crippen LogP contribution in [-0.2, 0) is 18.9 Å². The molecule has 0 radical (unpaired) electrons. The minimum absolute atomic E-state index is 0.00228. The molecule has 2 aromatic carbocycles. The Hall–Kier alpha value is -3.68. The third kappa shape index (κ3) is 7.41. The molecule has 194 valence electrons. The molecule has 2 aromatic rings. The van der Waals surface area contributed by atoms with E-state index in [1.165, 1.54) is 18.2 Å². The van der Waals surface area contributed by atoms with Crippen molar-refractivity contribution in [2.75, 3.05) is 0 Å². The number of rotatable bonds is 9. The first-order valence-electron chi connectivity index (χ1n) is 11.9. The topological polar surface area (TPSA) is 105 Å². The summed E-state index contributed by atoms with van der Waals surface area (Å²) >= 11 is 0. The molecule has 0 saturated carbocycles.